The maximum absolute atomic E-state index is 12.7. The number of nitrogens with zero attached hydrogens (tertiary/aromatic N) is 1. The minimum Gasteiger partial charge on any atom is -0.493 e. The molecule has 7 nitrogen and oxygen atoms in total. The molecule has 3 rings (SSSR count). The van der Waals surface area contributed by atoms with Crippen molar-refractivity contribution in [2.45, 2.75) is 13.8 Å². The summed E-state index contributed by atoms with van der Waals surface area (Å²) in [5.41, 5.74) is 3.78. The van der Waals surface area contributed by atoms with Crippen molar-refractivity contribution in [2.75, 3.05) is 24.4 Å². The Morgan fingerprint density at radius 3 is 2.51 bits per heavy atom. The molecule has 35 heavy (non-hydrogen) atoms. The Morgan fingerprint density at radius 1 is 1.06 bits per heavy atom. The van der Waals surface area contributed by atoms with E-state index >= 15 is 0 Å². The number of carbonyl (C=O) groups is 2. The zero-order chi connectivity index (χ0) is 25.4. The molecule has 0 aromatic heterocycles. The first-order chi connectivity index (χ1) is 16.8. The monoisotopic (exact) mass is 581 g/mol. The van der Waals surface area contributed by atoms with Crippen LogP contribution in [0.15, 0.2) is 66.2 Å². The van der Waals surface area contributed by atoms with Crippen LogP contribution in [-0.2, 0) is 9.59 Å². The minimum atomic E-state index is -0.510. The summed E-state index contributed by atoms with van der Waals surface area (Å²) in [7, 11) is 1.48. The number of nitrogens with one attached hydrogen (secondary N) is 2. The van der Waals surface area contributed by atoms with Crippen LogP contribution in [0.5, 0.6) is 11.5 Å². The lowest BCUT2D eigenvalue weighted by Gasteiger charge is -2.14. The number of anilines is 2. The first kappa shape index (κ1) is 25.8. The SMILES string of the molecule is COc1cc(/C=C(\C#N)C(=O)Nc2ccccc2C)cc(I)c1OCC(=O)Nc1cccc(C)c1. The highest BCUT2D eigenvalue weighted by atomic mass is 127. The highest BCUT2D eigenvalue weighted by Gasteiger charge is 2.16. The third-order valence-electron chi connectivity index (χ3n) is 4.97. The van der Waals surface area contributed by atoms with Crippen LogP contribution >= 0.6 is 22.6 Å². The molecule has 0 saturated carbocycles. The number of benzene rings is 3. The fourth-order valence-electron chi connectivity index (χ4n) is 3.24. The lowest BCUT2D eigenvalue weighted by Crippen LogP contribution is -2.20. The fraction of sp³-hybridized carbons (Fsp3) is 0.148. The molecule has 0 aliphatic carbocycles. The molecular weight excluding hydrogens is 557 g/mol. The van der Waals surface area contributed by atoms with Crippen LogP contribution in [-0.4, -0.2) is 25.5 Å². The highest BCUT2D eigenvalue weighted by molar-refractivity contribution is 14.1. The van der Waals surface area contributed by atoms with Gasteiger partial charge in [-0.2, -0.15) is 5.26 Å². The summed E-state index contributed by atoms with van der Waals surface area (Å²) >= 11 is 2.06. The van der Waals surface area contributed by atoms with E-state index in [0.717, 1.165) is 11.1 Å². The summed E-state index contributed by atoms with van der Waals surface area (Å²) in [4.78, 5) is 25.0. The molecule has 0 fully saturated rings. The third-order valence-corrected chi connectivity index (χ3v) is 5.77. The second-order valence-electron chi connectivity index (χ2n) is 7.68. The second kappa shape index (κ2) is 12.0. The molecule has 2 amide bonds. The fourth-order valence-corrected chi connectivity index (χ4v) is 4.02. The smallest absolute Gasteiger partial charge is 0.266 e. The van der Waals surface area contributed by atoms with Crippen LogP contribution in [0.3, 0.4) is 0 Å². The van der Waals surface area contributed by atoms with Crippen LogP contribution in [0.2, 0.25) is 0 Å². The molecule has 0 spiro atoms. The number of rotatable bonds is 8. The summed E-state index contributed by atoms with van der Waals surface area (Å²) in [5.74, 6) is -0.0448. The molecule has 2 N–H and O–H groups in total. The van der Waals surface area contributed by atoms with Gasteiger partial charge in [-0.25, -0.2) is 0 Å². The molecule has 8 heteroatoms. The van der Waals surface area contributed by atoms with E-state index < -0.39 is 5.91 Å². The molecule has 0 saturated heterocycles. The van der Waals surface area contributed by atoms with E-state index in [4.69, 9.17) is 9.47 Å². The van der Waals surface area contributed by atoms with Gasteiger partial charge in [0, 0.05) is 11.4 Å². The van der Waals surface area contributed by atoms with Gasteiger partial charge in [-0.05, 0) is 89.5 Å². The Morgan fingerprint density at radius 2 is 1.83 bits per heavy atom. The van der Waals surface area contributed by atoms with E-state index in [1.807, 2.05) is 56.3 Å². The number of amides is 2. The van der Waals surface area contributed by atoms with E-state index in [2.05, 4.69) is 33.2 Å². The van der Waals surface area contributed by atoms with Crippen molar-refractivity contribution in [1.82, 2.24) is 0 Å². The van der Waals surface area contributed by atoms with Crippen molar-refractivity contribution >= 4 is 51.9 Å². The maximum atomic E-state index is 12.7. The van der Waals surface area contributed by atoms with Gasteiger partial charge in [0.25, 0.3) is 11.8 Å². The Labute approximate surface area is 217 Å². The van der Waals surface area contributed by atoms with Crippen molar-refractivity contribution in [3.63, 3.8) is 0 Å². The average Bonchev–Trinajstić information content (AvgIpc) is 2.82. The topological polar surface area (TPSA) is 100 Å². The number of halogens is 1. The van der Waals surface area contributed by atoms with Gasteiger partial charge in [-0.3, -0.25) is 9.59 Å². The van der Waals surface area contributed by atoms with Crippen LogP contribution in [0.25, 0.3) is 6.08 Å². The molecule has 0 bridgehead atoms. The Balaban J connectivity index is 1.75. The summed E-state index contributed by atoms with van der Waals surface area (Å²) in [6.45, 7) is 3.61. The number of hydrogen-bond acceptors (Lipinski definition) is 5. The van der Waals surface area contributed by atoms with E-state index in [1.165, 1.54) is 13.2 Å². The second-order valence-corrected chi connectivity index (χ2v) is 8.84. The molecule has 3 aromatic rings. The van der Waals surface area contributed by atoms with E-state index in [0.29, 0.717) is 32.0 Å². The minimum absolute atomic E-state index is 0.0580. The van der Waals surface area contributed by atoms with Gasteiger partial charge in [-0.15, -0.1) is 0 Å². The van der Waals surface area contributed by atoms with Gasteiger partial charge in [0.1, 0.15) is 11.6 Å². The lowest BCUT2D eigenvalue weighted by molar-refractivity contribution is -0.118. The van der Waals surface area contributed by atoms with Crippen LogP contribution in [0.4, 0.5) is 11.4 Å². The Bertz CT molecular complexity index is 1330. The zero-order valence-corrected chi connectivity index (χ0v) is 21.7. The standard InChI is InChI=1S/C27H24IN3O4/c1-17-7-6-9-21(11-17)30-25(32)16-35-26-22(28)13-19(14-24(26)34-3)12-20(15-29)27(33)31-23-10-5-4-8-18(23)2/h4-14H,16H2,1-3H3,(H,30,32)(H,31,33)/b20-12+. The quantitative estimate of drug-likeness (QED) is 0.209. The Kier molecular flexibility index (Phi) is 8.86. The molecule has 3 aromatic carbocycles. The molecule has 0 atom stereocenters. The van der Waals surface area contributed by atoms with Crippen molar-refractivity contribution in [1.29, 1.82) is 5.26 Å². The van der Waals surface area contributed by atoms with Crippen molar-refractivity contribution in [3.05, 3.63) is 86.5 Å². The molecule has 0 unspecified atom stereocenters. The molecule has 0 aliphatic heterocycles. The molecule has 0 heterocycles. The molecule has 0 aliphatic rings. The number of ether oxygens (including phenoxy) is 2. The van der Waals surface area contributed by atoms with Crippen LogP contribution in [0, 0.1) is 28.7 Å². The largest absolute Gasteiger partial charge is 0.493 e. The number of para-hydroxylation sites is 1. The number of aryl methyl sites for hydroxylation is 2. The molecule has 0 radical (unpaired) electrons. The number of hydrogen-bond donors (Lipinski definition) is 2. The van der Waals surface area contributed by atoms with E-state index in [1.54, 1.807) is 24.3 Å². The van der Waals surface area contributed by atoms with Crippen molar-refractivity contribution in [3.8, 4) is 17.6 Å². The number of carbonyl (C=O) groups excluding carboxylic acids is 2. The third kappa shape index (κ3) is 7.07. The first-order valence-corrected chi connectivity index (χ1v) is 11.7. The predicted molar refractivity (Wildman–Crippen MR) is 144 cm³/mol. The summed E-state index contributed by atoms with van der Waals surface area (Å²) < 4.78 is 11.8. The van der Waals surface area contributed by atoms with Crippen LogP contribution in [0.1, 0.15) is 16.7 Å². The van der Waals surface area contributed by atoms with E-state index in [-0.39, 0.29) is 18.1 Å². The molecular formula is C27H24IN3O4. The van der Waals surface area contributed by atoms with Crippen LogP contribution < -0.4 is 20.1 Å². The normalized spacial score (nSPS) is 10.8. The highest BCUT2D eigenvalue weighted by Crippen LogP contribution is 2.34. The average molecular weight is 581 g/mol. The van der Waals surface area contributed by atoms with E-state index in [9.17, 15) is 14.9 Å². The van der Waals surface area contributed by atoms with Crippen molar-refractivity contribution < 1.29 is 19.1 Å². The molecule has 178 valence electrons. The predicted octanol–water partition coefficient (Wildman–Crippen LogP) is 5.48. The van der Waals surface area contributed by atoms with Gasteiger partial charge in [0.15, 0.2) is 18.1 Å². The maximum Gasteiger partial charge on any atom is 0.266 e. The lowest BCUT2D eigenvalue weighted by atomic mass is 10.1. The van der Waals surface area contributed by atoms with Gasteiger partial charge < -0.3 is 20.1 Å². The van der Waals surface area contributed by atoms with Gasteiger partial charge >= 0.3 is 0 Å². The van der Waals surface area contributed by atoms with Gasteiger partial charge in [0.05, 0.1) is 10.7 Å². The first-order valence-electron chi connectivity index (χ1n) is 10.7. The summed E-state index contributed by atoms with van der Waals surface area (Å²) in [6.07, 6.45) is 1.48. The summed E-state index contributed by atoms with van der Waals surface area (Å²) in [5, 5.41) is 15.1. The van der Waals surface area contributed by atoms with Gasteiger partial charge in [-0.1, -0.05) is 30.3 Å². The number of nitriles is 1. The van der Waals surface area contributed by atoms with Gasteiger partial charge in [0.2, 0.25) is 0 Å². The summed E-state index contributed by atoms with van der Waals surface area (Å²) in [6, 6.07) is 20.1. The van der Waals surface area contributed by atoms with Crippen molar-refractivity contribution in [2.24, 2.45) is 0 Å². The number of methoxy groups -OCH3 is 1. The zero-order valence-electron chi connectivity index (χ0n) is 19.5. The Hall–Kier alpha value is -3.84.